The van der Waals surface area contributed by atoms with Crippen molar-refractivity contribution in [3.63, 3.8) is 0 Å². The molecule has 0 saturated carbocycles. The third-order valence-electron chi connectivity index (χ3n) is 5.61. The lowest BCUT2D eigenvalue weighted by Crippen LogP contribution is -2.42. The number of benzene rings is 2. The molecule has 0 aliphatic carbocycles. The number of aliphatic imine (C=N–C) groups is 1. The van der Waals surface area contributed by atoms with Gasteiger partial charge < -0.3 is 29.6 Å². The van der Waals surface area contributed by atoms with Gasteiger partial charge in [-0.15, -0.1) is 0 Å². The van der Waals surface area contributed by atoms with Crippen LogP contribution in [0.4, 0.5) is 4.79 Å². The molecule has 0 saturated heterocycles. The summed E-state index contributed by atoms with van der Waals surface area (Å²) in [4.78, 5) is 29.6. The predicted octanol–water partition coefficient (Wildman–Crippen LogP) is 5.05. The molecule has 0 heterocycles. The molecule has 0 aromatic heterocycles. The average molecular weight is 514 g/mol. The monoisotopic (exact) mass is 513 g/mol. The molecule has 9 heteroatoms. The summed E-state index contributed by atoms with van der Waals surface area (Å²) >= 11 is 0. The molecule has 0 aliphatic heterocycles. The number of unbranched alkanes of at least 4 members (excludes halogenated alkanes) is 2. The van der Waals surface area contributed by atoms with Crippen molar-refractivity contribution in [1.29, 1.82) is 0 Å². The first-order valence-corrected chi connectivity index (χ1v) is 12.5. The smallest absolute Gasteiger partial charge is 0.435 e. The van der Waals surface area contributed by atoms with E-state index in [2.05, 4.69) is 9.73 Å². The summed E-state index contributed by atoms with van der Waals surface area (Å²) in [5, 5.41) is 0. The second-order valence-electron chi connectivity index (χ2n) is 9.01. The number of amidine groups is 1. The highest BCUT2D eigenvalue weighted by Crippen LogP contribution is 2.29. The minimum Gasteiger partial charge on any atom is -0.494 e. The van der Waals surface area contributed by atoms with E-state index in [1.165, 1.54) is 7.11 Å². The minimum atomic E-state index is -0.744. The maximum Gasteiger partial charge on any atom is 0.435 e. The maximum absolute atomic E-state index is 13.0. The normalized spacial score (nSPS) is 11.4. The molecule has 2 N–H and O–H groups in total. The Morgan fingerprint density at radius 1 is 0.838 bits per heavy atom. The van der Waals surface area contributed by atoms with Crippen molar-refractivity contribution in [1.82, 2.24) is 4.90 Å². The fraction of sp³-hybridized carbons (Fsp3) is 0.464. The Morgan fingerprint density at radius 2 is 1.43 bits per heavy atom. The number of nitrogens with zero attached hydrogens (tertiary/aromatic N) is 2. The highest BCUT2D eigenvalue weighted by molar-refractivity contribution is 6.02. The van der Waals surface area contributed by atoms with Gasteiger partial charge in [-0.05, 0) is 89.4 Å². The molecular weight excluding hydrogens is 474 g/mol. The summed E-state index contributed by atoms with van der Waals surface area (Å²) in [6.07, 6.45) is 1.89. The number of hydrogen-bond donors (Lipinski definition) is 1. The number of methoxy groups -OCH3 is 2. The number of hydrogen-bond acceptors (Lipinski definition) is 6. The lowest BCUT2D eigenvalue weighted by atomic mass is 10.1. The van der Waals surface area contributed by atoms with Gasteiger partial charge in [-0.2, -0.15) is 4.99 Å². The number of ether oxygens (including phenoxy) is 4. The summed E-state index contributed by atoms with van der Waals surface area (Å²) < 4.78 is 21.6. The van der Waals surface area contributed by atoms with Crippen LogP contribution < -0.4 is 19.9 Å². The highest BCUT2D eigenvalue weighted by Gasteiger charge is 2.22. The van der Waals surface area contributed by atoms with E-state index in [9.17, 15) is 9.59 Å². The fourth-order valence-corrected chi connectivity index (χ4v) is 3.82. The molecule has 9 nitrogen and oxygen atoms in total. The summed E-state index contributed by atoms with van der Waals surface area (Å²) in [6, 6.07) is 12.5. The van der Waals surface area contributed by atoms with Crippen LogP contribution in [0.3, 0.4) is 0 Å². The highest BCUT2D eigenvalue weighted by atomic mass is 16.5. The Labute approximate surface area is 219 Å². The van der Waals surface area contributed by atoms with Gasteiger partial charge >= 0.3 is 6.09 Å². The number of carbonyl (C=O) groups excluding carboxylic acids is 2. The van der Waals surface area contributed by atoms with E-state index in [1.807, 2.05) is 32.6 Å². The molecule has 0 radical (unpaired) electrons. The molecule has 0 unspecified atom stereocenters. The van der Waals surface area contributed by atoms with Crippen LogP contribution >= 0.6 is 0 Å². The van der Waals surface area contributed by atoms with E-state index < -0.39 is 6.09 Å². The standard InChI is InChI=1S/C28H39N3O6/c1-19(2)31(20(3)4)27(32)22-12-15-24(25(18-22)34-5)37-17-9-7-8-16-36-23-13-10-21(11-14-23)26(29)30-28(33)35-6/h10-15,18-20H,7-9,16-17H2,1-6H3,(H2,29,30,33). The maximum atomic E-state index is 13.0. The van der Waals surface area contributed by atoms with Crippen LogP contribution in [-0.2, 0) is 4.74 Å². The molecule has 37 heavy (non-hydrogen) atoms. The molecule has 2 amide bonds. The summed E-state index contributed by atoms with van der Waals surface area (Å²) in [7, 11) is 2.82. The zero-order valence-corrected chi connectivity index (χ0v) is 22.7. The molecule has 0 spiro atoms. The molecule has 0 fully saturated rings. The van der Waals surface area contributed by atoms with Gasteiger partial charge in [-0.1, -0.05) is 0 Å². The van der Waals surface area contributed by atoms with Gasteiger partial charge in [0.05, 0.1) is 27.4 Å². The predicted molar refractivity (Wildman–Crippen MR) is 144 cm³/mol. The third kappa shape index (κ3) is 9.00. The quantitative estimate of drug-likeness (QED) is 0.226. The van der Waals surface area contributed by atoms with E-state index in [1.54, 1.807) is 49.6 Å². The molecule has 0 atom stereocenters. The second kappa shape index (κ2) is 14.7. The molecule has 2 aromatic rings. The van der Waals surface area contributed by atoms with E-state index in [-0.39, 0.29) is 23.8 Å². The van der Waals surface area contributed by atoms with E-state index in [0.717, 1.165) is 19.3 Å². The third-order valence-corrected chi connectivity index (χ3v) is 5.61. The van der Waals surface area contributed by atoms with Crippen molar-refractivity contribution >= 4 is 17.8 Å². The fourth-order valence-electron chi connectivity index (χ4n) is 3.82. The lowest BCUT2D eigenvalue weighted by Gasteiger charge is -2.31. The van der Waals surface area contributed by atoms with Crippen LogP contribution in [0.2, 0.25) is 0 Å². The Hall–Kier alpha value is -3.75. The first-order chi connectivity index (χ1) is 17.7. The summed E-state index contributed by atoms with van der Waals surface area (Å²) in [5.74, 6) is 1.93. The Balaban J connectivity index is 1.77. The number of amides is 2. The molecule has 0 bridgehead atoms. The Bertz CT molecular complexity index is 1040. The first kappa shape index (κ1) is 29.5. The number of rotatable bonds is 13. The van der Waals surface area contributed by atoms with Gasteiger partial charge in [0, 0.05) is 23.2 Å². The largest absolute Gasteiger partial charge is 0.494 e. The SMILES string of the molecule is COC(=O)N=C(N)c1ccc(OCCCCCOc2ccc(C(=O)N(C(C)C)C(C)C)cc2OC)cc1. The van der Waals surface area contributed by atoms with Gasteiger partial charge in [0.25, 0.3) is 5.91 Å². The van der Waals surface area contributed by atoms with Gasteiger partial charge in [0.15, 0.2) is 11.5 Å². The van der Waals surface area contributed by atoms with E-state index in [0.29, 0.717) is 41.6 Å². The van der Waals surface area contributed by atoms with Crippen LogP contribution in [-0.4, -0.2) is 62.3 Å². The van der Waals surface area contributed by atoms with Crippen LogP contribution in [0.15, 0.2) is 47.5 Å². The molecule has 202 valence electrons. The topological polar surface area (TPSA) is 113 Å². The Morgan fingerprint density at radius 3 is 2.00 bits per heavy atom. The van der Waals surface area contributed by atoms with Crippen LogP contribution in [0.5, 0.6) is 17.2 Å². The average Bonchev–Trinajstić information content (AvgIpc) is 2.87. The van der Waals surface area contributed by atoms with E-state index in [4.69, 9.17) is 19.9 Å². The zero-order chi connectivity index (χ0) is 27.4. The first-order valence-electron chi connectivity index (χ1n) is 12.5. The van der Waals surface area contributed by atoms with Crippen molar-refractivity contribution in [2.75, 3.05) is 27.4 Å². The van der Waals surface area contributed by atoms with Crippen molar-refractivity contribution in [2.45, 2.75) is 59.0 Å². The second-order valence-corrected chi connectivity index (χ2v) is 9.01. The van der Waals surface area contributed by atoms with Gasteiger partial charge in [0.1, 0.15) is 11.6 Å². The van der Waals surface area contributed by atoms with Crippen LogP contribution in [0, 0.1) is 0 Å². The zero-order valence-electron chi connectivity index (χ0n) is 22.7. The van der Waals surface area contributed by atoms with Crippen molar-refractivity contribution in [3.05, 3.63) is 53.6 Å². The van der Waals surface area contributed by atoms with Crippen molar-refractivity contribution in [2.24, 2.45) is 10.7 Å². The van der Waals surface area contributed by atoms with Crippen LogP contribution in [0.1, 0.15) is 62.9 Å². The lowest BCUT2D eigenvalue weighted by molar-refractivity contribution is 0.0643. The van der Waals surface area contributed by atoms with E-state index >= 15 is 0 Å². The molecule has 0 aliphatic rings. The van der Waals surface area contributed by atoms with Gasteiger partial charge in [-0.3, -0.25) is 4.79 Å². The number of carbonyl (C=O) groups is 2. The molecule has 2 rings (SSSR count). The van der Waals surface area contributed by atoms with Crippen molar-refractivity contribution < 1.29 is 28.5 Å². The van der Waals surface area contributed by atoms with Gasteiger partial charge in [0.2, 0.25) is 0 Å². The van der Waals surface area contributed by atoms with Crippen LogP contribution in [0.25, 0.3) is 0 Å². The van der Waals surface area contributed by atoms with Gasteiger partial charge in [-0.25, -0.2) is 4.79 Å². The van der Waals surface area contributed by atoms with Crippen molar-refractivity contribution in [3.8, 4) is 17.2 Å². The summed E-state index contributed by atoms with van der Waals surface area (Å²) in [5.41, 5.74) is 6.97. The molecular formula is C28H39N3O6. The Kier molecular flexibility index (Phi) is 11.7. The summed E-state index contributed by atoms with van der Waals surface area (Å²) in [6.45, 7) is 9.13. The number of nitrogens with two attached hydrogens (primary N) is 1. The minimum absolute atomic E-state index is 0.0257. The molecule has 2 aromatic carbocycles.